The number of amides is 1. The van der Waals surface area contributed by atoms with E-state index in [1.54, 1.807) is 21.2 Å². The van der Waals surface area contributed by atoms with Gasteiger partial charge in [-0.1, -0.05) is 61.2 Å². The van der Waals surface area contributed by atoms with E-state index in [1.165, 1.54) is 6.08 Å². The first kappa shape index (κ1) is 25.4. The average Bonchev–Trinajstić information content (AvgIpc) is 2.90. The maximum atomic E-state index is 13.3. The summed E-state index contributed by atoms with van der Waals surface area (Å²) in [5, 5.41) is 1.43. The number of carbonyl (C=O) groups is 1. The lowest BCUT2D eigenvalue weighted by atomic mass is 9.93. The molecule has 1 saturated heterocycles. The molecule has 5 rings (SSSR count). The number of allylic oxidation sites excluding steroid dienone is 1. The summed E-state index contributed by atoms with van der Waals surface area (Å²) in [5.74, 6) is 1.28. The van der Waals surface area contributed by atoms with Crippen LogP contribution in [-0.2, 0) is 11.3 Å². The second-order valence-corrected chi connectivity index (χ2v) is 10.8. The Bertz CT molecular complexity index is 1530. The van der Waals surface area contributed by atoms with Gasteiger partial charge < -0.3 is 9.80 Å². The minimum Gasteiger partial charge on any atom is -0.350 e. The van der Waals surface area contributed by atoms with E-state index in [2.05, 4.69) is 41.3 Å². The first-order valence-electron chi connectivity index (χ1n) is 12.3. The lowest BCUT2D eigenvalue weighted by Crippen LogP contribution is -2.54. The molecule has 0 radical (unpaired) electrons. The van der Waals surface area contributed by atoms with Crippen molar-refractivity contribution in [3.05, 3.63) is 87.8 Å². The molecule has 0 unspecified atom stereocenters. The van der Waals surface area contributed by atoms with E-state index in [9.17, 15) is 9.59 Å². The van der Waals surface area contributed by atoms with Crippen LogP contribution in [0.3, 0.4) is 0 Å². The predicted molar refractivity (Wildman–Crippen MR) is 155 cm³/mol. The molecular weight excluding hydrogens is 504 g/mol. The van der Waals surface area contributed by atoms with Gasteiger partial charge in [0.25, 0.3) is 0 Å². The molecule has 2 aliphatic rings. The van der Waals surface area contributed by atoms with E-state index in [4.69, 9.17) is 11.6 Å². The maximum absolute atomic E-state index is 13.3. The number of anilines is 1. The Morgan fingerprint density at radius 1 is 1.24 bits per heavy atom. The molecule has 6 nitrogen and oxygen atoms in total. The molecule has 37 heavy (non-hydrogen) atoms. The van der Waals surface area contributed by atoms with Crippen LogP contribution in [0.25, 0.3) is 22.6 Å². The van der Waals surface area contributed by atoms with Crippen molar-refractivity contribution in [3.8, 4) is 0 Å². The first-order chi connectivity index (χ1) is 17.8. The third-order valence-corrected chi connectivity index (χ3v) is 8.40. The van der Waals surface area contributed by atoms with Gasteiger partial charge in [0.05, 0.1) is 10.5 Å². The molecule has 3 aromatic rings. The number of aryl methyl sites for hydroxylation is 1. The number of aromatic nitrogens is 2. The Labute approximate surface area is 225 Å². The normalized spacial score (nSPS) is 17.4. The van der Waals surface area contributed by atoms with Crippen LogP contribution < -0.4 is 10.6 Å². The van der Waals surface area contributed by atoms with Gasteiger partial charge in [-0.15, -0.1) is 11.8 Å². The zero-order valence-electron chi connectivity index (χ0n) is 21.0. The summed E-state index contributed by atoms with van der Waals surface area (Å²) in [7, 11) is 0. The number of rotatable bonds is 5. The van der Waals surface area contributed by atoms with E-state index in [0.29, 0.717) is 37.0 Å². The zero-order chi connectivity index (χ0) is 26.3. The first-order valence-corrected chi connectivity index (χ1v) is 13.7. The number of thioether (sulfide) groups is 1. The minimum absolute atomic E-state index is 0.0243. The molecule has 3 heterocycles. The third kappa shape index (κ3) is 4.40. The van der Waals surface area contributed by atoms with Crippen LogP contribution in [0.1, 0.15) is 30.5 Å². The molecule has 0 aliphatic carbocycles. The number of benzene rings is 2. The molecule has 190 valence electrons. The second kappa shape index (κ2) is 10.2. The second-order valence-electron chi connectivity index (χ2n) is 9.27. The fraction of sp³-hybridized carbons (Fsp3) is 0.276. The standard InChI is InChI=1S/C29H29ClN4O2S/c1-5-9-20-10-7-8-11-21(20)19(4)25-23(30)16-22-26-27(25)37-15-14-34(26)29(36)31-28(22)33-13-12-32(17-18(33)3)24(35)6-2/h5-11,16,18H,2,4,12-15,17H2,1,3H3/b9-5-/t18-/m0/s1. The number of halogens is 1. The summed E-state index contributed by atoms with van der Waals surface area (Å²) in [4.78, 5) is 34.8. The molecule has 2 aliphatic heterocycles. The van der Waals surface area contributed by atoms with Crippen LogP contribution in [0.2, 0.25) is 5.02 Å². The van der Waals surface area contributed by atoms with Gasteiger partial charge in [0.15, 0.2) is 0 Å². The highest BCUT2D eigenvalue weighted by molar-refractivity contribution is 7.99. The SMILES string of the molecule is C=CC(=O)N1CCN(c2nc(=O)n3c4c(c(C(=C)c5ccccc5/C=C\C)c(Cl)cc24)SCC3)[C@@H](C)C1. The fourth-order valence-electron chi connectivity index (χ4n) is 5.28. The number of nitrogens with zero attached hydrogens (tertiary/aromatic N) is 4. The zero-order valence-corrected chi connectivity index (χ0v) is 22.6. The smallest absolute Gasteiger partial charge is 0.350 e. The monoisotopic (exact) mass is 532 g/mol. The van der Waals surface area contributed by atoms with Crippen molar-refractivity contribution in [2.45, 2.75) is 31.3 Å². The van der Waals surface area contributed by atoms with Crippen molar-refractivity contribution >= 4 is 57.6 Å². The van der Waals surface area contributed by atoms with Crippen LogP contribution in [0, 0.1) is 0 Å². The number of hydrogen-bond acceptors (Lipinski definition) is 5. The highest BCUT2D eigenvalue weighted by atomic mass is 35.5. The summed E-state index contributed by atoms with van der Waals surface area (Å²) in [5.41, 5.74) is 4.33. The van der Waals surface area contributed by atoms with Gasteiger partial charge in [0.1, 0.15) is 5.82 Å². The van der Waals surface area contributed by atoms with Crippen LogP contribution in [0.15, 0.2) is 65.3 Å². The van der Waals surface area contributed by atoms with Crippen molar-refractivity contribution in [1.82, 2.24) is 14.5 Å². The summed E-state index contributed by atoms with van der Waals surface area (Å²) in [6.45, 7) is 14.3. The maximum Gasteiger partial charge on any atom is 0.350 e. The lowest BCUT2D eigenvalue weighted by molar-refractivity contribution is -0.126. The molecule has 0 saturated carbocycles. The molecular formula is C29H29ClN4O2S. The van der Waals surface area contributed by atoms with Crippen molar-refractivity contribution in [3.63, 3.8) is 0 Å². The van der Waals surface area contributed by atoms with Crippen LogP contribution in [0.4, 0.5) is 5.82 Å². The van der Waals surface area contributed by atoms with Gasteiger partial charge in [-0.3, -0.25) is 9.36 Å². The number of hydrogen-bond donors (Lipinski definition) is 0. The highest BCUT2D eigenvalue weighted by Crippen LogP contribution is 2.45. The van der Waals surface area contributed by atoms with Crippen LogP contribution in [-0.4, -0.2) is 51.8 Å². The average molecular weight is 533 g/mol. The Balaban J connectivity index is 1.68. The Morgan fingerprint density at radius 2 is 2.03 bits per heavy atom. The topological polar surface area (TPSA) is 58.4 Å². The summed E-state index contributed by atoms with van der Waals surface area (Å²) < 4.78 is 1.76. The van der Waals surface area contributed by atoms with Crippen LogP contribution in [0.5, 0.6) is 0 Å². The Kier molecular flexibility index (Phi) is 7.01. The molecule has 1 atom stereocenters. The van der Waals surface area contributed by atoms with Crippen LogP contribution >= 0.6 is 23.4 Å². The minimum atomic E-state index is -0.269. The summed E-state index contributed by atoms with van der Waals surface area (Å²) in [6, 6.07) is 10.0. The molecule has 0 N–H and O–H groups in total. The summed E-state index contributed by atoms with van der Waals surface area (Å²) in [6.07, 6.45) is 5.41. The molecule has 0 spiro atoms. The third-order valence-electron chi connectivity index (χ3n) is 7.03. The van der Waals surface area contributed by atoms with Gasteiger partial charge in [-0.2, -0.15) is 4.98 Å². The molecule has 0 bridgehead atoms. The van der Waals surface area contributed by atoms with Crippen molar-refractivity contribution < 1.29 is 4.79 Å². The molecule has 1 aromatic heterocycles. The summed E-state index contributed by atoms with van der Waals surface area (Å²) >= 11 is 8.72. The van der Waals surface area contributed by atoms with E-state index in [0.717, 1.165) is 43.8 Å². The van der Waals surface area contributed by atoms with Crippen molar-refractivity contribution in [2.24, 2.45) is 0 Å². The Morgan fingerprint density at radius 3 is 2.76 bits per heavy atom. The molecule has 8 heteroatoms. The Hall–Kier alpha value is -3.29. The van der Waals surface area contributed by atoms with Gasteiger partial charge >= 0.3 is 5.69 Å². The largest absolute Gasteiger partial charge is 0.350 e. The lowest BCUT2D eigenvalue weighted by Gasteiger charge is -2.40. The van der Waals surface area contributed by atoms with E-state index in [-0.39, 0.29) is 17.6 Å². The van der Waals surface area contributed by atoms with Crippen molar-refractivity contribution in [1.29, 1.82) is 0 Å². The van der Waals surface area contributed by atoms with Gasteiger partial charge in [0.2, 0.25) is 5.91 Å². The molecule has 2 aromatic carbocycles. The quantitative estimate of drug-likeness (QED) is 0.408. The predicted octanol–water partition coefficient (Wildman–Crippen LogP) is 5.47. The van der Waals surface area contributed by atoms with Gasteiger partial charge in [-0.25, -0.2) is 4.79 Å². The number of carbonyl (C=O) groups excluding carboxylic acids is 1. The van der Waals surface area contributed by atoms with Gasteiger partial charge in [0, 0.05) is 53.8 Å². The van der Waals surface area contributed by atoms with Crippen molar-refractivity contribution in [2.75, 3.05) is 30.3 Å². The van der Waals surface area contributed by atoms with E-state index < -0.39 is 0 Å². The highest BCUT2D eigenvalue weighted by Gasteiger charge is 2.31. The fourth-order valence-corrected chi connectivity index (χ4v) is 6.87. The molecule has 1 fully saturated rings. The van der Waals surface area contributed by atoms with E-state index >= 15 is 0 Å². The van der Waals surface area contributed by atoms with E-state index in [1.807, 2.05) is 38.1 Å². The van der Waals surface area contributed by atoms with Gasteiger partial charge in [-0.05, 0) is 42.7 Å². The molecule has 1 amide bonds. The number of piperazine rings is 1.